The van der Waals surface area contributed by atoms with Gasteiger partial charge in [0.2, 0.25) is 17.7 Å². The molecule has 13 nitrogen and oxygen atoms in total. The maximum atomic E-state index is 12.1. The standard InChI is InChI=1S/C15H29N7O6S/c1-7(23)11(16)13(26)22-9(6-29)12(25)20-5-10(24)21-8(14(27)28)3-2-4-19-15(17)18/h7-9,11,23,29H,2-6,16H2,1H3,(H,20,25)(H,21,24)(H,22,26)(H,27,28)(H4,17,18,19). The van der Waals surface area contributed by atoms with Gasteiger partial charge >= 0.3 is 5.97 Å². The highest BCUT2D eigenvalue weighted by molar-refractivity contribution is 7.80. The average Bonchev–Trinajstić information content (AvgIpc) is 2.64. The molecule has 166 valence electrons. The Kier molecular flexibility index (Phi) is 12.4. The quantitative estimate of drug-likeness (QED) is 0.0590. The molecular weight excluding hydrogens is 406 g/mol. The van der Waals surface area contributed by atoms with Crippen molar-refractivity contribution >= 4 is 42.3 Å². The molecule has 0 saturated heterocycles. The van der Waals surface area contributed by atoms with Gasteiger partial charge in [0.1, 0.15) is 18.1 Å². The zero-order valence-electron chi connectivity index (χ0n) is 16.0. The summed E-state index contributed by atoms with van der Waals surface area (Å²) >= 11 is 3.95. The molecule has 0 aliphatic carbocycles. The summed E-state index contributed by atoms with van der Waals surface area (Å²) in [5.74, 6) is -3.68. The molecular formula is C15H29N7O6S. The number of nitrogens with zero attached hydrogens (tertiary/aromatic N) is 1. The number of aliphatic hydroxyl groups is 1. The number of aliphatic carboxylic acids is 1. The van der Waals surface area contributed by atoms with Crippen molar-refractivity contribution in [1.29, 1.82) is 0 Å². The van der Waals surface area contributed by atoms with E-state index in [1.807, 2.05) is 0 Å². The summed E-state index contributed by atoms with van der Waals surface area (Å²) in [5.41, 5.74) is 15.8. The van der Waals surface area contributed by atoms with Crippen LogP contribution >= 0.6 is 12.6 Å². The van der Waals surface area contributed by atoms with Crippen molar-refractivity contribution in [3.05, 3.63) is 0 Å². The predicted molar refractivity (Wildman–Crippen MR) is 108 cm³/mol. The van der Waals surface area contributed by atoms with Gasteiger partial charge in [0.15, 0.2) is 5.96 Å². The normalized spacial score (nSPS) is 14.6. The van der Waals surface area contributed by atoms with Gasteiger partial charge in [-0.2, -0.15) is 12.6 Å². The van der Waals surface area contributed by atoms with E-state index in [4.69, 9.17) is 22.3 Å². The predicted octanol–water partition coefficient (Wildman–Crippen LogP) is -4.15. The number of aliphatic hydroxyl groups excluding tert-OH is 1. The minimum Gasteiger partial charge on any atom is -0.480 e. The highest BCUT2D eigenvalue weighted by Gasteiger charge is 2.26. The van der Waals surface area contributed by atoms with Crippen LogP contribution in [0.2, 0.25) is 0 Å². The van der Waals surface area contributed by atoms with Crippen molar-refractivity contribution in [2.24, 2.45) is 22.2 Å². The number of carbonyl (C=O) groups excluding carboxylic acids is 3. The lowest BCUT2D eigenvalue weighted by atomic mass is 10.1. The van der Waals surface area contributed by atoms with Crippen molar-refractivity contribution in [2.45, 2.75) is 44.0 Å². The van der Waals surface area contributed by atoms with E-state index in [0.29, 0.717) is 6.42 Å². The number of hydrogen-bond donors (Lipinski definition) is 9. The third kappa shape index (κ3) is 11.1. The number of hydrogen-bond acceptors (Lipinski definition) is 8. The van der Waals surface area contributed by atoms with Crippen LogP contribution in [0.15, 0.2) is 4.99 Å². The van der Waals surface area contributed by atoms with Crippen molar-refractivity contribution in [3.63, 3.8) is 0 Å². The first-order valence-corrected chi connectivity index (χ1v) is 9.33. The molecule has 0 radical (unpaired) electrons. The summed E-state index contributed by atoms with van der Waals surface area (Å²) < 4.78 is 0. The van der Waals surface area contributed by atoms with E-state index < -0.39 is 54.5 Å². The van der Waals surface area contributed by atoms with E-state index in [1.54, 1.807) is 0 Å². The second kappa shape index (κ2) is 13.6. The van der Waals surface area contributed by atoms with Crippen LogP contribution in [0.1, 0.15) is 19.8 Å². The highest BCUT2D eigenvalue weighted by atomic mass is 32.1. The zero-order valence-corrected chi connectivity index (χ0v) is 16.9. The lowest BCUT2D eigenvalue weighted by molar-refractivity contribution is -0.142. The van der Waals surface area contributed by atoms with Crippen LogP contribution in [0.4, 0.5) is 0 Å². The van der Waals surface area contributed by atoms with Gasteiger partial charge < -0.3 is 43.4 Å². The number of thiol groups is 1. The van der Waals surface area contributed by atoms with Crippen LogP contribution in [-0.2, 0) is 19.2 Å². The molecule has 0 fully saturated rings. The van der Waals surface area contributed by atoms with Gasteiger partial charge in [0, 0.05) is 12.3 Å². The Morgan fingerprint density at radius 3 is 2.21 bits per heavy atom. The van der Waals surface area contributed by atoms with Crippen LogP contribution in [0.5, 0.6) is 0 Å². The summed E-state index contributed by atoms with van der Waals surface area (Å²) in [6.45, 7) is 1.01. The Morgan fingerprint density at radius 2 is 1.72 bits per heavy atom. The number of aliphatic imine (C=N–C) groups is 1. The number of guanidine groups is 1. The van der Waals surface area contributed by atoms with Crippen molar-refractivity contribution in [3.8, 4) is 0 Å². The molecule has 29 heavy (non-hydrogen) atoms. The maximum Gasteiger partial charge on any atom is 0.326 e. The fraction of sp³-hybridized carbons (Fsp3) is 0.667. The van der Waals surface area contributed by atoms with Crippen LogP contribution in [-0.4, -0.2) is 82.9 Å². The average molecular weight is 436 g/mol. The van der Waals surface area contributed by atoms with Crippen molar-refractivity contribution in [1.82, 2.24) is 16.0 Å². The number of carbonyl (C=O) groups is 4. The van der Waals surface area contributed by atoms with E-state index in [0.717, 1.165) is 0 Å². The molecule has 4 unspecified atom stereocenters. The Morgan fingerprint density at radius 1 is 1.10 bits per heavy atom. The molecule has 14 heteroatoms. The molecule has 0 aliphatic rings. The Labute approximate surface area is 173 Å². The molecule has 0 aliphatic heterocycles. The molecule has 0 aromatic rings. The Bertz CT molecular complexity index is 612. The Hall–Kier alpha value is -2.58. The summed E-state index contributed by atoms with van der Waals surface area (Å²) in [5, 5.41) is 25.3. The monoisotopic (exact) mass is 435 g/mol. The van der Waals surface area contributed by atoms with Gasteiger partial charge in [-0.05, 0) is 19.8 Å². The number of carboxylic acids is 1. The number of nitrogens with two attached hydrogens (primary N) is 3. The van der Waals surface area contributed by atoms with Crippen LogP contribution in [0.25, 0.3) is 0 Å². The molecule has 0 heterocycles. The van der Waals surface area contributed by atoms with Crippen LogP contribution in [0.3, 0.4) is 0 Å². The lowest BCUT2D eigenvalue weighted by Gasteiger charge is -2.20. The highest BCUT2D eigenvalue weighted by Crippen LogP contribution is 1.99. The number of amides is 3. The van der Waals surface area contributed by atoms with Gasteiger partial charge in [-0.25, -0.2) is 4.79 Å². The fourth-order valence-corrected chi connectivity index (χ4v) is 2.24. The minimum atomic E-state index is -1.25. The molecule has 0 aromatic carbocycles. The van der Waals surface area contributed by atoms with E-state index in [2.05, 4.69) is 33.6 Å². The summed E-state index contributed by atoms with van der Waals surface area (Å²) in [6, 6.07) is -3.51. The topological polar surface area (TPSA) is 235 Å². The van der Waals surface area contributed by atoms with Gasteiger partial charge in [-0.1, -0.05) is 0 Å². The second-order valence-electron chi connectivity index (χ2n) is 6.14. The molecule has 0 rings (SSSR count). The summed E-state index contributed by atoms with van der Waals surface area (Å²) in [7, 11) is 0. The fourth-order valence-electron chi connectivity index (χ4n) is 1.98. The third-order valence-corrected chi connectivity index (χ3v) is 4.00. The number of nitrogens with one attached hydrogen (secondary N) is 3. The Balaban J connectivity index is 4.56. The smallest absolute Gasteiger partial charge is 0.326 e. The second-order valence-corrected chi connectivity index (χ2v) is 6.50. The zero-order chi connectivity index (χ0) is 22.6. The first-order valence-electron chi connectivity index (χ1n) is 8.69. The first kappa shape index (κ1) is 26.4. The van der Waals surface area contributed by atoms with Crippen LogP contribution in [0, 0.1) is 0 Å². The van der Waals surface area contributed by atoms with E-state index in [-0.39, 0.29) is 24.7 Å². The minimum absolute atomic E-state index is 0.0817. The molecule has 4 atom stereocenters. The lowest BCUT2D eigenvalue weighted by Crippen LogP contribution is -2.56. The molecule has 0 bridgehead atoms. The van der Waals surface area contributed by atoms with Crippen LogP contribution < -0.4 is 33.2 Å². The summed E-state index contributed by atoms with van der Waals surface area (Å²) in [6.07, 6.45) is -0.721. The number of rotatable bonds is 13. The SMILES string of the molecule is CC(O)C(N)C(=O)NC(CS)C(=O)NCC(=O)NC(CCCN=C(N)N)C(=O)O. The van der Waals surface area contributed by atoms with Crippen molar-refractivity contribution < 1.29 is 29.4 Å². The molecule has 0 spiro atoms. The van der Waals surface area contributed by atoms with Gasteiger partial charge in [0.25, 0.3) is 0 Å². The summed E-state index contributed by atoms with van der Waals surface area (Å²) in [4.78, 5) is 50.7. The molecule has 0 saturated carbocycles. The molecule has 0 aromatic heterocycles. The third-order valence-electron chi connectivity index (χ3n) is 3.64. The van der Waals surface area contributed by atoms with E-state index >= 15 is 0 Å². The molecule has 3 amide bonds. The van der Waals surface area contributed by atoms with Gasteiger partial charge in [-0.15, -0.1) is 0 Å². The molecule has 11 N–H and O–H groups in total. The maximum absolute atomic E-state index is 12.1. The first-order chi connectivity index (χ1) is 13.5. The number of carboxylic acid groups (broad SMARTS) is 1. The van der Waals surface area contributed by atoms with E-state index in [9.17, 15) is 24.3 Å². The largest absolute Gasteiger partial charge is 0.480 e. The van der Waals surface area contributed by atoms with Crippen molar-refractivity contribution in [2.75, 3.05) is 18.8 Å². The van der Waals surface area contributed by atoms with Gasteiger partial charge in [0.05, 0.1) is 12.6 Å². The van der Waals surface area contributed by atoms with E-state index in [1.165, 1.54) is 6.92 Å². The van der Waals surface area contributed by atoms with Gasteiger partial charge in [-0.3, -0.25) is 19.4 Å².